The fourth-order valence-electron chi connectivity index (χ4n) is 2.62. The predicted octanol–water partition coefficient (Wildman–Crippen LogP) is 2.45. The zero-order valence-electron chi connectivity index (χ0n) is 15.3. The van der Waals surface area contributed by atoms with Crippen molar-refractivity contribution in [3.63, 3.8) is 0 Å². The Hall–Kier alpha value is -2.63. The number of aryl methyl sites for hydroxylation is 1. The predicted molar refractivity (Wildman–Crippen MR) is 98.3 cm³/mol. The van der Waals surface area contributed by atoms with Crippen molar-refractivity contribution in [2.75, 3.05) is 11.9 Å². The van der Waals surface area contributed by atoms with Crippen LogP contribution in [-0.2, 0) is 22.6 Å². The molecular formula is C19H26N4O2. The Morgan fingerprint density at radius 2 is 1.80 bits per heavy atom. The van der Waals surface area contributed by atoms with Gasteiger partial charge in [0, 0.05) is 13.1 Å². The van der Waals surface area contributed by atoms with Gasteiger partial charge in [-0.3, -0.25) is 14.3 Å². The van der Waals surface area contributed by atoms with Crippen LogP contribution in [0.3, 0.4) is 0 Å². The molecule has 0 radical (unpaired) electrons. The van der Waals surface area contributed by atoms with Gasteiger partial charge in [-0.2, -0.15) is 5.10 Å². The van der Waals surface area contributed by atoms with Gasteiger partial charge in [-0.1, -0.05) is 44.2 Å². The molecule has 0 spiro atoms. The van der Waals surface area contributed by atoms with Crippen LogP contribution in [0.1, 0.15) is 30.8 Å². The smallest absolute Gasteiger partial charge is 0.313 e. The van der Waals surface area contributed by atoms with Crippen molar-refractivity contribution < 1.29 is 9.59 Å². The summed E-state index contributed by atoms with van der Waals surface area (Å²) < 4.78 is 1.86. The van der Waals surface area contributed by atoms with E-state index in [2.05, 4.69) is 29.6 Å². The standard InChI is InChI=1S/C19H26N4O2/c1-13(2)12-23-15(4)17(14(3)22-23)21-19(25)18(24)20-11-10-16-8-6-5-7-9-16/h5-9,13H,10-12H2,1-4H3,(H,20,24)(H,21,25). The van der Waals surface area contributed by atoms with Crippen molar-refractivity contribution in [3.05, 3.63) is 47.3 Å². The van der Waals surface area contributed by atoms with E-state index in [0.717, 1.165) is 17.8 Å². The minimum absolute atomic E-state index is 0.418. The van der Waals surface area contributed by atoms with Crippen LogP contribution in [-0.4, -0.2) is 28.1 Å². The molecule has 0 saturated carbocycles. The maximum Gasteiger partial charge on any atom is 0.313 e. The highest BCUT2D eigenvalue weighted by molar-refractivity contribution is 6.39. The van der Waals surface area contributed by atoms with E-state index < -0.39 is 11.8 Å². The summed E-state index contributed by atoms with van der Waals surface area (Å²) in [6.45, 7) is 9.12. The van der Waals surface area contributed by atoms with Gasteiger partial charge in [0.2, 0.25) is 0 Å². The summed E-state index contributed by atoms with van der Waals surface area (Å²) >= 11 is 0. The SMILES string of the molecule is Cc1nn(CC(C)C)c(C)c1NC(=O)C(=O)NCCc1ccccc1. The van der Waals surface area contributed by atoms with Crippen LogP contribution in [0.2, 0.25) is 0 Å². The quantitative estimate of drug-likeness (QED) is 0.792. The van der Waals surface area contributed by atoms with Gasteiger partial charge in [-0.25, -0.2) is 0 Å². The highest BCUT2D eigenvalue weighted by Gasteiger charge is 2.19. The van der Waals surface area contributed by atoms with Crippen molar-refractivity contribution in [2.45, 2.75) is 40.7 Å². The van der Waals surface area contributed by atoms with E-state index >= 15 is 0 Å². The van der Waals surface area contributed by atoms with Crippen molar-refractivity contribution in [1.82, 2.24) is 15.1 Å². The van der Waals surface area contributed by atoms with Crippen LogP contribution in [0.15, 0.2) is 30.3 Å². The summed E-state index contributed by atoms with van der Waals surface area (Å²) in [5.41, 5.74) is 3.30. The number of carbonyl (C=O) groups excluding carboxylic acids is 2. The number of rotatable bonds is 6. The number of aromatic nitrogens is 2. The van der Waals surface area contributed by atoms with Gasteiger partial charge in [-0.05, 0) is 31.7 Å². The minimum atomic E-state index is -0.664. The van der Waals surface area contributed by atoms with Crippen molar-refractivity contribution in [2.24, 2.45) is 5.92 Å². The Labute approximate surface area is 148 Å². The third-order valence-electron chi connectivity index (χ3n) is 3.91. The first-order valence-electron chi connectivity index (χ1n) is 8.55. The molecule has 6 heteroatoms. The molecule has 1 heterocycles. The summed E-state index contributed by atoms with van der Waals surface area (Å²) in [5, 5.41) is 9.77. The lowest BCUT2D eigenvalue weighted by Gasteiger charge is -2.09. The van der Waals surface area contributed by atoms with E-state index in [1.54, 1.807) is 0 Å². The summed E-state index contributed by atoms with van der Waals surface area (Å²) in [7, 11) is 0. The molecule has 0 fully saturated rings. The average Bonchev–Trinajstić information content (AvgIpc) is 2.82. The van der Waals surface area contributed by atoms with Crippen LogP contribution < -0.4 is 10.6 Å². The van der Waals surface area contributed by atoms with E-state index in [1.165, 1.54) is 0 Å². The molecule has 2 aromatic rings. The van der Waals surface area contributed by atoms with Gasteiger partial charge in [0.1, 0.15) is 0 Å². The Morgan fingerprint density at radius 1 is 1.12 bits per heavy atom. The fourth-order valence-corrected chi connectivity index (χ4v) is 2.62. The second-order valence-electron chi connectivity index (χ2n) is 6.57. The molecule has 2 N–H and O–H groups in total. The number of hydrogen-bond acceptors (Lipinski definition) is 3. The zero-order valence-corrected chi connectivity index (χ0v) is 15.3. The molecule has 6 nitrogen and oxygen atoms in total. The van der Waals surface area contributed by atoms with E-state index in [9.17, 15) is 9.59 Å². The molecule has 0 saturated heterocycles. The minimum Gasteiger partial charge on any atom is -0.347 e. The topological polar surface area (TPSA) is 76.0 Å². The maximum absolute atomic E-state index is 12.1. The van der Waals surface area contributed by atoms with Crippen LogP contribution >= 0.6 is 0 Å². The Morgan fingerprint density at radius 3 is 2.44 bits per heavy atom. The molecule has 134 valence electrons. The largest absolute Gasteiger partial charge is 0.347 e. The molecule has 0 bridgehead atoms. The first kappa shape index (κ1) is 18.7. The van der Waals surface area contributed by atoms with E-state index in [0.29, 0.717) is 30.3 Å². The lowest BCUT2D eigenvalue weighted by molar-refractivity contribution is -0.136. The van der Waals surface area contributed by atoms with Gasteiger partial charge < -0.3 is 10.6 Å². The fraction of sp³-hybridized carbons (Fsp3) is 0.421. The highest BCUT2D eigenvalue weighted by atomic mass is 16.2. The normalized spacial score (nSPS) is 10.8. The third kappa shape index (κ3) is 5.17. The van der Waals surface area contributed by atoms with Crippen molar-refractivity contribution in [3.8, 4) is 0 Å². The molecule has 0 atom stereocenters. The highest BCUT2D eigenvalue weighted by Crippen LogP contribution is 2.20. The van der Waals surface area contributed by atoms with E-state index in [-0.39, 0.29) is 0 Å². The van der Waals surface area contributed by atoms with Gasteiger partial charge >= 0.3 is 11.8 Å². The van der Waals surface area contributed by atoms with Crippen LogP contribution in [0, 0.1) is 19.8 Å². The third-order valence-corrected chi connectivity index (χ3v) is 3.91. The van der Waals surface area contributed by atoms with Crippen molar-refractivity contribution >= 4 is 17.5 Å². The monoisotopic (exact) mass is 342 g/mol. The number of hydrogen-bond donors (Lipinski definition) is 2. The Kier molecular flexibility index (Phi) is 6.33. The molecule has 25 heavy (non-hydrogen) atoms. The molecule has 1 aromatic carbocycles. The summed E-state index contributed by atoms with van der Waals surface area (Å²) in [6, 6.07) is 9.82. The molecule has 0 aliphatic rings. The van der Waals surface area contributed by atoms with Gasteiger partial charge in [0.15, 0.2) is 0 Å². The number of carbonyl (C=O) groups is 2. The maximum atomic E-state index is 12.1. The second-order valence-corrected chi connectivity index (χ2v) is 6.57. The summed E-state index contributed by atoms with van der Waals surface area (Å²) in [6.07, 6.45) is 0.685. The number of anilines is 1. The number of benzene rings is 1. The summed E-state index contributed by atoms with van der Waals surface area (Å²) in [5.74, 6) is -0.850. The van der Waals surface area contributed by atoms with Crippen LogP contribution in [0.4, 0.5) is 5.69 Å². The first-order chi connectivity index (χ1) is 11.9. The molecule has 2 amide bonds. The van der Waals surface area contributed by atoms with Crippen LogP contribution in [0.25, 0.3) is 0 Å². The van der Waals surface area contributed by atoms with E-state index in [1.807, 2.05) is 48.9 Å². The number of nitrogens with one attached hydrogen (secondary N) is 2. The second kappa shape index (κ2) is 8.46. The molecule has 1 aromatic heterocycles. The summed E-state index contributed by atoms with van der Waals surface area (Å²) in [4.78, 5) is 24.1. The molecule has 0 aliphatic carbocycles. The lowest BCUT2D eigenvalue weighted by Crippen LogP contribution is -2.36. The molecule has 2 rings (SSSR count). The molecule has 0 unspecified atom stereocenters. The van der Waals surface area contributed by atoms with E-state index in [4.69, 9.17) is 0 Å². The van der Waals surface area contributed by atoms with Crippen LogP contribution in [0.5, 0.6) is 0 Å². The Bertz CT molecular complexity index is 735. The number of amides is 2. The van der Waals surface area contributed by atoms with Crippen molar-refractivity contribution in [1.29, 1.82) is 0 Å². The molecule has 0 aliphatic heterocycles. The molecular weight excluding hydrogens is 316 g/mol. The van der Waals surface area contributed by atoms with Gasteiger partial charge in [0.05, 0.1) is 17.1 Å². The average molecular weight is 342 g/mol. The zero-order chi connectivity index (χ0) is 18.4. The first-order valence-corrected chi connectivity index (χ1v) is 8.55. The Balaban J connectivity index is 1.90. The van der Waals surface area contributed by atoms with Gasteiger partial charge in [0.25, 0.3) is 0 Å². The number of nitrogens with zero attached hydrogens (tertiary/aromatic N) is 2. The lowest BCUT2D eigenvalue weighted by atomic mass is 10.1. The van der Waals surface area contributed by atoms with Gasteiger partial charge in [-0.15, -0.1) is 0 Å².